The minimum absolute atomic E-state index is 0.0000387. The molecule has 0 spiro atoms. The highest BCUT2D eigenvalue weighted by Gasteiger charge is 2.26. The van der Waals surface area contributed by atoms with Crippen molar-refractivity contribution in [1.82, 2.24) is 4.90 Å². The van der Waals surface area contributed by atoms with Gasteiger partial charge in [-0.2, -0.15) is 0 Å². The Morgan fingerprint density at radius 1 is 1.50 bits per heavy atom. The molecule has 2 amide bonds. The summed E-state index contributed by atoms with van der Waals surface area (Å²) in [7, 11) is 1.34. The summed E-state index contributed by atoms with van der Waals surface area (Å²) in [6.45, 7) is 3.15. The number of carbonyl (C=O) groups is 2. The lowest BCUT2D eigenvalue weighted by atomic mass is 10.1. The van der Waals surface area contributed by atoms with Gasteiger partial charge in [0.05, 0.1) is 19.1 Å². The largest absolute Gasteiger partial charge is 0.469 e. The molecule has 1 fully saturated rings. The van der Waals surface area contributed by atoms with Gasteiger partial charge in [0, 0.05) is 30.4 Å². The number of nitrogens with zero attached hydrogens (tertiary/aromatic N) is 1. The lowest BCUT2D eigenvalue weighted by Gasteiger charge is -2.27. The number of carbonyl (C=O) groups excluding carboxylic acids is 2. The predicted octanol–water partition coefficient (Wildman–Crippen LogP) is 3.16. The molecule has 1 aliphatic rings. The number of urea groups is 1. The molecule has 1 aromatic carbocycles. The number of halogens is 1. The van der Waals surface area contributed by atoms with Crippen LogP contribution >= 0.6 is 11.6 Å². The van der Waals surface area contributed by atoms with E-state index in [1.165, 1.54) is 7.11 Å². The smallest absolute Gasteiger partial charge is 0.321 e. The number of esters is 1. The molecule has 0 bridgehead atoms. The van der Waals surface area contributed by atoms with Crippen LogP contribution in [0.3, 0.4) is 0 Å². The second kappa shape index (κ2) is 8.89. The van der Waals surface area contributed by atoms with Crippen LogP contribution in [-0.4, -0.2) is 49.8 Å². The van der Waals surface area contributed by atoms with Crippen molar-refractivity contribution in [3.8, 4) is 0 Å². The minimum atomic E-state index is -0.415. The predicted molar refractivity (Wildman–Crippen MR) is 92.2 cm³/mol. The number of nitrogens with one attached hydrogen (secondary N) is 1. The molecule has 2 rings (SSSR count). The third-order valence-electron chi connectivity index (χ3n) is 3.91. The summed E-state index contributed by atoms with van der Waals surface area (Å²) in [5, 5.41) is 3.36. The highest BCUT2D eigenvalue weighted by atomic mass is 35.5. The first kappa shape index (κ1) is 18.5. The second-order valence-electron chi connectivity index (χ2n) is 5.90. The number of ether oxygens (including phenoxy) is 2. The fourth-order valence-electron chi connectivity index (χ4n) is 2.65. The van der Waals surface area contributed by atoms with Gasteiger partial charge in [-0.05, 0) is 31.0 Å². The van der Waals surface area contributed by atoms with Gasteiger partial charge >= 0.3 is 12.0 Å². The van der Waals surface area contributed by atoms with E-state index in [0.717, 1.165) is 12.8 Å². The van der Waals surface area contributed by atoms with Gasteiger partial charge in [0.25, 0.3) is 0 Å². The maximum absolute atomic E-state index is 12.6. The molecule has 0 aliphatic carbocycles. The Balaban J connectivity index is 2.04. The molecule has 1 saturated heterocycles. The summed E-state index contributed by atoms with van der Waals surface area (Å²) in [4.78, 5) is 25.9. The first-order valence-corrected chi connectivity index (χ1v) is 8.38. The van der Waals surface area contributed by atoms with Crippen molar-refractivity contribution >= 4 is 29.3 Å². The molecule has 1 aliphatic heterocycles. The fourth-order valence-corrected chi connectivity index (χ4v) is 2.84. The molecule has 0 aromatic heterocycles. The van der Waals surface area contributed by atoms with Gasteiger partial charge < -0.3 is 19.7 Å². The Labute approximate surface area is 147 Å². The van der Waals surface area contributed by atoms with Gasteiger partial charge in [-0.15, -0.1) is 0 Å². The van der Waals surface area contributed by atoms with Crippen molar-refractivity contribution in [2.75, 3.05) is 32.1 Å². The van der Waals surface area contributed by atoms with E-state index in [-0.39, 0.29) is 24.6 Å². The van der Waals surface area contributed by atoms with Crippen molar-refractivity contribution in [2.24, 2.45) is 5.92 Å². The van der Waals surface area contributed by atoms with Crippen LogP contribution in [0.2, 0.25) is 5.02 Å². The normalized spacial score (nSPS) is 18.0. The van der Waals surface area contributed by atoms with Crippen LogP contribution in [0, 0.1) is 5.92 Å². The highest BCUT2D eigenvalue weighted by molar-refractivity contribution is 6.30. The zero-order chi connectivity index (χ0) is 17.5. The number of hydrogen-bond donors (Lipinski definition) is 1. The molecule has 1 heterocycles. The second-order valence-corrected chi connectivity index (χ2v) is 6.34. The quantitative estimate of drug-likeness (QED) is 0.797. The molecule has 132 valence electrons. The fraction of sp³-hybridized carbons (Fsp3) is 0.529. The lowest BCUT2D eigenvalue weighted by Crippen LogP contribution is -2.43. The Morgan fingerprint density at radius 2 is 2.29 bits per heavy atom. The van der Waals surface area contributed by atoms with Crippen molar-refractivity contribution in [2.45, 2.75) is 25.9 Å². The van der Waals surface area contributed by atoms with E-state index in [1.54, 1.807) is 36.1 Å². The Morgan fingerprint density at radius 3 is 2.92 bits per heavy atom. The third kappa shape index (κ3) is 5.39. The Bertz CT molecular complexity index is 575. The number of rotatable bonds is 6. The molecule has 2 atom stereocenters. The van der Waals surface area contributed by atoms with E-state index in [1.807, 2.05) is 0 Å². The van der Waals surface area contributed by atoms with Gasteiger partial charge in [0.1, 0.15) is 0 Å². The standard InChI is InChI=1S/C17H23ClN2O4/c1-12(16(21)23-2)10-20(11-15-7-4-8-24-15)17(22)19-14-6-3-5-13(18)9-14/h3,5-6,9,12,15H,4,7-8,10-11H2,1-2H3,(H,19,22). The molecule has 2 unspecified atom stereocenters. The van der Waals surface area contributed by atoms with Crippen molar-refractivity contribution in [3.63, 3.8) is 0 Å². The molecule has 0 radical (unpaired) electrons. The van der Waals surface area contributed by atoms with Crippen LogP contribution in [0.5, 0.6) is 0 Å². The van der Waals surface area contributed by atoms with Gasteiger partial charge in [-0.1, -0.05) is 24.6 Å². The molecule has 7 heteroatoms. The number of hydrogen-bond acceptors (Lipinski definition) is 4. The highest BCUT2D eigenvalue weighted by Crippen LogP contribution is 2.18. The van der Waals surface area contributed by atoms with Crippen molar-refractivity contribution in [1.29, 1.82) is 0 Å². The molecular weight excluding hydrogens is 332 g/mol. The summed E-state index contributed by atoms with van der Waals surface area (Å²) >= 11 is 5.94. The maximum Gasteiger partial charge on any atom is 0.321 e. The van der Waals surface area contributed by atoms with Crippen LogP contribution in [0.4, 0.5) is 10.5 Å². The number of anilines is 1. The monoisotopic (exact) mass is 354 g/mol. The van der Waals surface area contributed by atoms with E-state index in [9.17, 15) is 9.59 Å². The number of amides is 2. The average molecular weight is 355 g/mol. The van der Waals surface area contributed by atoms with Gasteiger partial charge in [0.15, 0.2) is 0 Å². The molecule has 24 heavy (non-hydrogen) atoms. The molecule has 1 N–H and O–H groups in total. The third-order valence-corrected chi connectivity index (χ3v) is 4.14. The topological polar surface area (TPSA) is 67.9 Å². The van der Waals surface area contributed by atoms with E-state index in [4.69, 9.17) is 21.1 Å². The molecular formula is C17H23ClN2O4. The van der Waals surface area contributed by atoms with E-state index in [2.05, 4.69) is 5.32 Å². The Kier molecular flexibility index (Phi) is 6.87. The SMILES string of the molecule is COC(=O)C(C)CN(CC1CCCO1)C(=O)Nc1cccc(Cl)c1. The van der Waals surface area contributed by atoms with Gasteiger partial charge in [-0.3, -0.25) is 4.79 Å². The molecule has 0 saturated carbocycles. The zero-order valence-electron chi connectivity index (χ0n) is 14.0. The summed E-state index contributed by atoms with van der Waals surface area (Å²) in [6.07, 6.45) is 1.90. The lowest BCUT2D eigenvalue weighted by molar-refractivity contribution is -0.145. The van der Waals surface area contributed by atoms with Crippen LogP contribution in [-0.2, 0) is 14.3 Å². The van der Waals surface area contributed by atoms with Crippen LogP contribution in [0.25, 0.3) is 0 Å². The summed E-state index contributed by atoms with van der Waals surface area (Å²) < 4.78 is 10.4. The molecule has 1 aromatic rings. The van der Waals surface area contributed by atoms with Crippen LogP contribution < -0.4 is 5.32 Å². The summed E-state index contributed by atoms with van der Waals surface area (Å²) in [5.74, 6) is -0.760. The molecule has 6 nitrogen and oxygen atoms in total. The summed E-state index contributed by atoms with van der Waals surface area (Å²) in [6, 6.07) is 6.65. The average Bonchev–Trinajstić information content (AvgIpc) is 3.06. The first-order chi connectivity index (χ1) is 11.5. The van der Waals surface area contributed by atoms with Crippen molar-refractivity contribution < 1.29 is 19.1 Å². The Hall–Kier alpha value is -1.79. The van der Waals surface area contributed by atoms with Gasteiger partial charge in [-0.25, -0.2) is 4.79 Å². The van der Waals surface area contributed by atoms with Crippen LogP contribution in [0.1, 0.15) is 19.8 Å². The van der Waals surface area contributed by atoms with Crippen LogP contribution in [0.15, 0.2) is 24.3 Å². The van der Waals surface area contributed by atoms with E-state index in [0.29, 0.717) is 23.9 Å². The van der Waals surface area contributed by atoms with E-state index < -0.39 is 5.92 Å². The number of benzene rings is 1. The maximum atomic E-state index is 12.6. The van der Waals surface area contributed by atoms with Crippen molar-refractivity contribution in [3.05, 3.63) is 29.3 Å². The minimum Gasteiger partial charge on any atom is -0.469 e. The van der Waals surface area contributed by atoms with Gasteiger partial charge in [0.2, 0.25) is 0 Å². The summed E-state index contributed by atoms with van der Waals surface area (Å²) in [5.41, 5.74) is 0.607. The van der Waals surface area contributed by atoms with E-state index >= 15 is 0 Å². The number of methoxy groups -OCH3 is 1. The first-order valence-electron chi connectivity index (χ1n) is 8.00. The zero-order valence-corrected chi connectivity index (χ0v) is 14.7.